The van der Waals surface area contributed by atoms with Gasteiger partial charge in [-0.25, -0.2) is 0 Å². The molecule has 0 bridgehead atoms. The summed E-state index contributed by atoms with van der Waals surface area (Å²) in [5.74, 6) is 1.61. The minimum absolute atomic E-state index is 0.0736. The van der Waals surface area contributed by atoms with Crippen LogP contribution in [0.1, 0.15) is 42.9 Å². The van der Waals surface area contributed by atoms with Crippen LogP contribution in [0.4, 0.5) is 0 Å². The van der Waals surface area contributed by atoms with Gasteiger partial charge in [0, 0.05) is 12.1 Å². The van der Waals surface area contributed by atoms with Gasteiger partial charge in [0.15, 0.2) is 17.6 Å². The van der Waals surface area contributed by atoms with Gasteiger partial charge in [0.2, 0.25) is 0 Å². The Labute approximate surface area is 148 Å². The zero-order valence-electron chi connectivity index (χ0n) is 14.4. The molecule has 1 unspecified atom stereocenters. The minimum Gasteiger partial charge on any atom is -0.485 e. The molecule has 0 radical (unpaired) electrons. The monoisotopic (exact) mass is 339 g/mol. The van der Waals surface area contributed by atoms with Crippen molar-refractivity contribution in [2.75, 3.05) is 13.2 Å². The van der Waals surface area contributed by atoms with Crippen LogP contribution in [0.3, 0.4) is 0 Å². The van der Waals surface area contributed by atoms with Crippen molar-refractivity contribution in [1.29, 1.82) is 0 Å². The first kappa shape index (κ1) is 16.4. The van der Waals surface area contributed by atoms with E-state index in [9.17, 15) is 5.11 Å². The highest BCUT2D eigenvalue weighted by atomic mass is 16.6. The fourth-order valence-electron chi connectivity index (χ4n) is 3.77. The maximum absolute atomic E-state index is 9.70. The van der Waals surface area contributed by atoms with E-state index < -0.39 is 0 Å². The molecular weight excluding hydrogens is 314 g/mol. The Bertz CT molecular complexity index is 707. The third-order valence-electron chi connectivity index (χ3n) is 5.39. The molecule has 0 amide bonds. The molecular formula is C21H25NO3. The molecule has 1 aliphatic carbocycles. The van der Waals surface area contributed by atoms with E-state index in [2.05, 4.69) is 29.6 Å². The second-order valence-corrected chi connectivity index (χ2v) is 7.10. The van der Waals surface area contributed by atoms with Crippen molar-refractivity contribution in [3.8, 4) is 11.5 Å². The lowest BCUT2D eigenvalue weighted by Crippen LogP contribution is -2.45. The molecule has 25 heavy (non-hydrogen) atoms. The molecule has 1 aliphatic heterocycles. The lowest BCUT2D eigenvalue weighted by atomic mass is 9.98. The van der Waals surface area contributed by atoms with Gasteiger partial charge < -0.3 is 19.9 Å². The van der Waals surface area contributed by atoms with Crippen molar-refractivity contribution < 1.29 is 14.6 Å². The van der Waals surface area contributed by atoms with Crippen LogP contribution < -0.4 is 14.8 Å². The molecule has 0 spiro atoms. The van der Waals surface area contributed by atoms with Crippen molar-refractivity contribution in [3.63, 3.8) is 0 Å². The summed E-state index contributed by atoms with van der Waals surface area (Å²) in [4.78, 5) is 0. The molecule has 2 aromatic rings. The summed E-state index contributed by atoms with van der Waals surface area (Å²) in [6, 6.07) is 16.3. The van der Waals surface area contributed by atoms with Gasteiger partial charge in [-0.1, -0.05) is 49.2 Å². The van der Waals surface area contributed by atoms with Gasteiger partial charge in [-0.05, 0) is 36.1 Å². The summed E-state index contributed by atoms with van der Waals surface area (Å²) in [5, 5.41) is 13.3. The molecule has 132 valence electrons. The number of benzene rings is 2. The molecule has 1 atom stereocenters. The maximum Gasteiger partial charge on any atom is 0.162 e. The van der Waals surface area contributed by atoms with E-state index in [1.54, 1.807) is 0 Å². The average molecular weight is 339 g/mol. The first-order valence-electron chi connectivity index (χ1n) is 9.11. The van der Waals surface area contributed by atoms with E-state index in [0.29, 0.717) is 6.61 Å². The predicted molar refractivity (Wildman–Crippen MR) is 96.9 cm³/mol. The van der Waals surface area contributed by atoms with Gasteiger partial charge in [-0.15, -0.1) is 0 Å². The molecule has 1 saturated carbocycles. The summed E-state index contributed by atoms with van der Waals surface area (Å²) in [5.41, 5.74) is 2.26. The van der Waals surface area contributed by atoms with Gasteiger partial charge >= 0.3 is 0 Å². The van der Waals surface area contributed by atoms with Gasteiger partial charge in [-0.2, -0.15) is 0 Å². The van der Waals surface area contributed by atoms with Gasteiger partial charge in [0.25, 0.3) is 0 Å². The first-order valence-corrected chi connectivity index (χ1v) is 9.11. The third-order valence-corrected chi connectivity index (χ3v) is 5.39. The number of hydrogen-bond donors (Lipinski definition) is 2. The van der Waals surface area contributed by atoms with Crippen molar-refractivity contribution in [2.24, 2.45) is 0 Å². The number of fused-ring (bicyclic) bond motifs is 1. The summed E-state index contributed by atoms with van der Waals surface area (Å²) in [7, 11) is 0. The number of nitrogens with one attached hydrogen (secondary N) is 1. The van der Waals surface area contributed by atoms with Crippen LogP contribution >= 0.6 is 0 Å². The maximum atomic E-state index is 9.70. The van der Waals surface area contributed by atoms with E-state index >= 15 is 0 Å². The molecule has 2 aromatic carbocycles. The number of para-hydroxylation sites is 2. The van der Waals surface area contributed by atoms with Crippen LogP contribution in [0.15, 0.2) is 48.5 Å². The topological polar surface area (TPSA) is 50.7 Å². The Morgan fingerprint density at radius 3 is 2.44 bits per heavy atom. The molecule has 2 N–H and O–H groups in total. The van der Waals surface area contributed by atoms with Crippen LogP contribution in [0, 0.1) is 0 Å². The number of aliphatic hydroxyl groups is 1. The van der Waals surface area contributed by atoms with Crippen LogP contribution in [0.2, 0.25) is 0 Å². The number of aliphatic hydroxyl groups excluding tert-OH is 1. The molecule has 4 nitrogen and oxygen atoms in total. The molecule has 2 aliphatic rings. The summed E-state index contributed by atoms with van der Waals surface area (Å²) < 4.78 is 11.9. The Hall–Kier alpha value is -2.04. The lowest BCUT2D eigenvalue weighted by molar-refractivity contribution is 0.0913. The SMILES string of the molecule is OCC1(NCc2ccc(C3COc4ccccc4O3)cc2)CCCC1. The molecule has 1 heterocycles. The zero-order valence-corrected chi connectivity index (χ0v) is 14.4. The van der Waals surface area contributed by atoms with Crippen LogP contribution in [-0.2, 0) is 6.54 Å². The Balaban J connectivity index is 1.39. The van der Waals surface area contributed by atoms with Crippen molar-refractivity contribution >= 4 is 0 Å². The standard InChI is InChI=1S/C21H25NO3/c23-15-21(11-3-4-12-21)22-13-16-7-9-17(10-8-16)20-14-24-18-5-1-2-6-19(18)25-20/h1-2,5-10,20,22-23H,3-4,11-15H2. The highest BCUT2D eigenvalue weighted by Gasteiger charge is 2.32. The Morgan fingerprint density at radius 2 is 1.72 bits per heavy atom. The van der Waals surface area contributed by atoms with Crippen molar-refractivity contribution in [1.82, 2.24) is 5.32 Å². The predicted octanol–water partition coefficient (Wildman–Crippen LogP) is 3.59. The fourth-order valence-corrected chi connectivity index (χ4v) is 3.77. The van der Waals surface area contributed by atoms with E-state index in [-0.39, 0.29) is 18.2 Å². The van der Waals surface area contributed by atoms with Crippen LogP contribution in [-0.4, -0.2) is 23.9 Å². The van der Waals surface area contributed by atoms with Crippen molar-refractivity contribution in [2.45, 2.75) is 43.9 Å². The van der Waals surface area contributed by atoms with Crippen LogP contribution in [0.25, 0.3) is 0 Å². The summed E-state index contributed by atoms with van der Waals surface area (Å²) in [6.45, 7) is 1.53. The van der Waals surface area contributed by atoms with E-state index in [1.165, 1.54) is 18.4 Å². The van der Waals surface area contributed by atoms with E-state index in [4.69, 9.17) is 9.47 Å². The van der Waals surface area contributed by atoms with Crippen molar-refractivity contribution in [3.05, 3.63) is 59.7 Å². The largest absolute Gasteiger partial charge is 0.485 e. The van der Waals surface area contributed by atoms with E-state index in [0.717, 1.165) is 36.4 Å². The zero-order chi connectivity index (χ0) is 17.1. The highest BCUT2D eigenvalue weighted by Crippen LogP contribution is 2.36. The lowest BCUT2D eigenvalue weighted by Gasteiger charge is -2.28. The summed E-state index contributed by atoms with van der Waals surface area (Å²) >= 11 is 0. The second-order valence-electron chi connectivity index (χ2n) is 7.10. The summed E-state index contributed by atoms with van der Waals surface area (Å²) in [6.07, 6.45) is 4.46. The third kappa shape index (κ3) is 3.51. The number of hydrogen-bond acceptors (Lipinski definition) is 4. The van der Waals surface area contributed by atoms with Gasteiger partial charge in [0.05, 0.1) is 6.61 Å². The molecule has 4 rings (SSSR count). The van der Waals surface area contributed by atoms with E-state index in [1.807, 2.05) is 24.3 Å². The second kappa shape index (κ2) is 7.06. The Kier molecular flexibility index (Phi) is 4.64. The normalized spacial score (nSPS) is 21.2. The fraction of sp³-hybridized carbons (Fsp3) is 0.429. The Morgan fingerprint density at radius 1 is 1.00 bits per heavy atom. The highest BCUT2D eigenvalue weighted by molar-refractivity contribution is 5.41. The first-order chi connectivity index (χ1) is 12.3. The molecule has 0 saturated heterocycles. The number of ether oxygens (including phenoxy) is 2. The quantitative estimate of drug-likeness (QED) is 0.874. The minimum atomic E-state index is -0.0807. The van der Waals surface area contributed by atoms with Gasteiger partial charge in [-0.3, -0.25) is 0 Å². The van der Waals surface area contributed by atoms with Gasteiger partial charge in [0.1, 0.15) is 6.61 Å². The smallest absolute Gasteiger partial charge is 0.162 e. The molecule has 1 fully saturated rings. The number of rotatable bonds is 5. The molecule has 0 aromatic heterocycles. The average Bonchev–Trinajstić information content (AvgIpc) is 3.16. The molecule has 4 heteroatoms. The van der Waals surface area contributed by atoms with Crippen LogP contribution in [0.5, 0.6) is 11.5 Å².